The molecule has 2 nitrogen and oxygen atoms in total. The number of fused-ring (bicyclic) bond motifs is 1. The lowest BCUT2D eigenvalue weighted by Crippen LogP contribution is -1.98. The van der Waals surface area contributed by atoms with Gasteiger partial charge in [0.15, 0.2) is 0 Å². The Labute approximate surface area is 126 Å². The van der Waals surface area contributed by atoms with Crippen LogP contribution in [0.3, 0.4) is 0 Å². The Balaban J connectivity index is 1.84. The molecule has 96 valence electrons. The smallest absolute Gasteiger partial charge is 0.0481 e. The Hall–Kier alpha value is -1.49. The molecule has 0 bridgehead atoms. The van der Waals surface area contributed by atoms with Crippen molar-refractivity contribution < 1.29 is 0 Å². The minimum atomic E-state index is 0.849. The zero-order valence-electron chi connectivity index (χ0n) is 10.7. The van der Waals surface area contributed by atoms with Crippen LogP contribution in [0.2, 0.25) is 0 Å². The molecule has 0 radical (unpaired) electrons. The van der Waals surface area contributed by atoms with Crippen LogP contribution < -0.4 is 5.32 Å². The highest BCUT2D eigenvalue weighted by atomic mass is 127. The highest BCUT2D eigenvalue weighted by Gasteiger charge is 2.05. The van der Waals surface area contributed by atoms with Crippen LogP contribution in [-0.4, -0.2) is 4.57 Å². The summed E-state index contributed by atoms with van der Waals surface area (Å²) in [7, 11) is 2.09. The molecule has 1 heterocycles. The first-order valence-corrected chi connectivity index (χ1v) is 7.34. The third-order valence-corrected chi connectivity index (χ3v) is 4.03. The first kappa shape index (κ1) is 12.5. The first-order valence-electron chi connectivity index (χ1n) is 6.26. The highest BCUT2D eigenvalue weighted by Crippen LogP contribution is 2.21. The van der Waals surface area contributed by atoms with Crippen molar-refractivity contribution in [2.75, 3.05) is 5.32 Å². The van der Waals surface area contributed by atoms with Gasteiger partial charge in [0.25, 0.3) is 0 Å². The van der Waals surface area contributed by atoms with E-state index in [1.807, 2.05) is 0 Å². The second kappa shape index (κ2) is 5.25. The lowest BCUT2D eigenvalue weighted by atomic mass is 10.2. The maximum atomic E-state index is 3.48. The van der Waals surface area contributed by atoms with Crippen LogP contribution in [0, 0.1) is 3.57 Å². The van der Waals surface area contributed by atoms with Gasteiger partial charge in [0.1, 0.15) is 0 Å². The van der Waals surface area contributed by atoms with E-state index in [0.717, 1.165) is 12.2 Å². The SMILES string of the molecule is Cn1cc(CNc2ccc(I)cc2)c2ccccc21. The van der Waals surface area contributed by atoms with Crippen LogP contribution in [0.1, 0.15) is 5.56 Å². The van der Waals surface area contributed by atoms with Gasteiger partial charge in [0.2, 0.25) is 0 Å². The molecule has 0 saturated heterocycles. The van der Waals surface area contributed by atoms with Crippen LogP contribution in [0.5, 0.6) is 0 Å². The van der Waals surface area contributed by atoms with E-state index in [1.54, 1.807) is 0 Å². The lowest BCUT2D eigenvalue weighted by Gasteiger charge is -2.05. The van der Waals surface area contributed by atoms with Gasteiger partial charge in [-0.15, -0.1) is 0 Å². The molecule has 0 atom stereocenters. The number of para-hydroxylation sites is 1. The molecule has 1 N–H and O–H groups in total. The molecule has 3 heteroatoms. The summed E-state index contributed by atoms with van der Waals surface area (Å²) in [5, 5.41) is 4.80. The topological polar surface area (TPSA) is 17.0 Å². The fourth-order valence-corrected chi connectivity index (χ4v) is 2.69. The summed E-state index contributed by atoms with van der Waals surface area (Å²) in [6.07, 6.45) is 2.20. The second-order valence-electron chi connectivity index (χ2n) is 4.64. The average Bonchev–Trinajstić information content (AvgIpc) is 2.76. The fraction of sp³-hybridized carbons (Fsp3) is 0.125. The molecule has 2 aromatic carbocycles. The Morgan fingerprint density at radius 1 is 1.05 bits per heavy atom. The summed E-state index contributed by atoms with van der Waals surface area (Å²) in [4.78, 5) is 0. The minimum absolute atomic E-state index is 0.849. The van der Waals surface area contributed by atoms with Gasteiger partial charge in [-0.2, -0.15) is 0 Å². The van der Waals surface area contributed by atoms with E-state index < -0.39 is 0 Å². The van der Waals surface area contributed by atoms with Gasteiger partial charge < -0.3 is 9.88 Å². The van der Waals surface area contributed by atoms with Gasteiger partial charge >= 0.3 is 0 Å². The number of nitrogens with zero attached hydrogens (tertiary/aromatic N) is 1. The number of aromatic nitrogens is 1. The van der Waals surface area contributed by atoms with E-state index in [9.17, 15) is 0 Å². The first-order chi connectivity index (χ1) is 9.24. The van der Waals surface area contributed by atoms with Crippen LogP contribution in [0.15, 0.2) is 54.7 Å². The van der Waals surface area contributed by atoms with E-state index in [-0.39, 0.29) is 0 Å². The number of halogens is 1. The molecular formula is C16H15IN2. The fourth-order valence-electron chi connectivity index (χ4n) is 2.33. The van der Waals surface area contributed by atoms with Crippen molar-refractivity contribution in [2.24, 2.45) is 7.05 Å². The molecule has 3 aromatic rings. The zero-order chi connectivity index (χ0) is 13.2. The number of anilines is 1. The van der Waals surface area contributed by atoms with Crippen LogP contribution >= 0.6 is 22.6 Å². The molecule has 0 aliphatic carbocycles. The van der Waals surface area contributed by atoms with Crippen LogP contribution in [0.4, 0.5) is 5.69 Å². The van der Waals surface area contributed by atoms with Gasteiger partial charge in [-0.3, -0.25) is 0 Å². The molecule has 19 heavy (non-hydrogen) atoms. The molecule has 3 rings (SSSR count). The van der Waals surface area contributed by atoms with Crippen molar-refractivity contribution in [1.29, 1.82) is 0 Å². The Morgan fingerprint density at radius 3 is 2.58 bits per heavy atom. The normalized spacial score (nSPS) is 10.8. The van der Waals surface area contributed by atoms with Crippen molar-refractivity contribution in [3.05, 3.63) is 63.9 Å². The van der Waals surface area contributed by atoms with Crippen molar-refractivity contribution in [2.45, 2.75) is 6.54 Å². The maximum Gasteiger partial charge on any atom is 0.0481 e. The number of aryl methyl sites for hydroxylation is 1. The number of rotatable bonds is 3. The summed E-state index contributed by atoms with van der Waals surface area (Å²) in [5.74, 6) is 0. The van der Waals surface area contributed by atoms with E-state index in [1.165, 1.54) is 20.0 Å². The van der Waals surface area contributed by atoms with E-state index in [4.69, 9.17) is 0 Å². The third kappa shape index (κ3) is 2.61. The third-order valence-electron chi connectivity index (χ3n) is 3.31. The Morgan fingerprint density at radius 2 is 1.79 bits per heavy atom. The minimum Gasteiger partial charge on any atom is -0.381 e. The van der Waals surface area contributed by atoms with Crippen molar-refractivity contribution in [3.8, 4) is 0 Å². The molecule has 0 saturated carbocycles. The van der Waals surface area contributed by atoms with Crippen LogP contribution in [0.25, 0.3) is 10.9 Å². The molecule has 0 aliphatic heterocycles. The van der Waals surface area contributed by atoms with Gasteiger partial charge in [-0.1, -0.05) is 18.2 Å². The van der Waals surface area contributed by atoms with Gasteiger partial charge in [-0.05, 0) is 58.5 Å². The number of benzene rings is 2. The summed E-state index contributed by atoms with van der Waals surface area (Å²) in [6, 6.07) is 17.0. The Bertz CT molecular complexity index is 698. The molecule has 1 aromatic heterocycles. The number of nitrogens with one attached hydrogen (secondary N) is 1. The average molecular weight is 362 g/mol. The van der Waals surface area contributed by atoms with Crippen molar-refractivity contribution in [3.63, 3.8) is 0 Å². The van der Waals surface area contributed by atoms with Gasteiger partial charge in [-0.25, -0.2) is 0 Å². The Kier molecular flexibility index (Phi) is 3.46. The molecule has 0 aliphatic rings. The summed E-state index contributed by atoms with van der Waals surface area (Å²) >= 11 is 2.32. The maximum absolute atomic E-state index is 3.48. The summed E-state index contributed by atoms with van der Waals surface area (Å²) in [5.41, 5.74) is 3.77. The van der Waals surface area contributed by atoms with Gasteiger partial charge in [0, 0.05) is 39.9 Å². The molecule has 0 spiro atoms. The largest absolute Gasteiger partial charge is 0.381 e. The zero-order valence-corrected chi connectivity index (χ0v) is 12.9. The van der Waals surface area contributed by atoms with E-state index in [2.05, 4.69) is 94.3 Å². The molecule has 0 amide bonds. The predicted molar refractivity (Wildman–Crippen MR) is 89.4 cm³/mol. The quantitative estimate of drug-likeness (QED) is 0.684. The highest BCUT2D eigenvalue weighted by molar-refractivity contribution is 14.1. The monoisotopic (exact) mass is 362 g/mol. The summed E-state index contributed by atoms with van der Waals surface area (Å²) in [6.45, 7) is 0.849. The number of hydrogen-bond acceptors (Lipinski definition) is 1. The summed E-state index contributed by atoms with van der Waals surface area (Å²) < 4.78 is 3.44. The van der Waals surface area contributed by atoms with E-state index >= 15 is 0 Å². The van der Waals surface area contributed by atoms with Crippen molar-refractivity contribution in [1.82, 2.24) is 4.57 Å². The standard InChI is InChI=1S/C16H15IN2/c1-19-11-12(15-4-2-3-5-16(15)19)10-18-14-8-6-13(17)7-9-14/h2-9,11,18H,10H2,1H3. The molecular weight excluding hydrogens is 347 g/mol. The van der Waals surface area contributed by atoms with Crippen molar-refractivity contribution >= 4 is 39.2 Å². The molecule has 0 fully saturated rings. The van der Waals surface area contributed by atoms with E-state index in [0.29, 0.717) is 0 Å². The molecule has 0 unspecified atom stereocenters. The van der Waals surface area contributed by atoms with Gasteiger partial charge in [0.05, 0.1) is 0 Å². The lowest BCUT2D eigenvalue weighted by molar-refractivity contribution is 0.956. The van der Waals surface area contributed by atoms with Crippen LogP contribution in [-0.2, 0) is 13.6 Å². The second-order valence-corrected chi connectivity index (χ2v) is 5.89. The predicted octanol–water partition coefficient (Wildman–Crippen LogP) is 4.40. The number of hydrogen-bond donors (Lipinski definition) is 1.